The first-order valence-electron chi connectivity index (χ1n) is 2.85. The molecule has 0 fully saturated rings. The number of rotatable bonds is 0. The van der Waals surface area contributed by atoms with Gasteiger partial charge in [0, 0.05) is 0 Å². The summed E-state index contributed by atoms with van der Waals surface area (Å²) >= 11 is -0.703. The van der Waals surface area contributed by atoms with Gasteiger partial charge in [-0.25, -0.2) is 0 Å². The Kier molecular flexibility index (Phi) is 1.30. The van der Waals surface area contributed by atoms with Crippen molar-refractivity contribution in [2.75, 3.05) is 5.43 Å². The molecule has 1 heterocycles. The number of benzene rings is 1. The fourth-order valence-electron chi connectivity index (χ4n) is 0.883. The van der Waals surface area contributed by atoms with Crippen LogP contribution in [0.3, 0.4) is 0 Å². The van der Waals surface area contributed by atoms with E-state index < -0.39 is 22.7 Å². The Bertz CT molecular complexity index is 257. The molecule has 1 aromatic rings. The zero-order valence-electron chi connectivity index (χ0n) is 4.83. The van der Waals surface area contributed by atoms with Crippen molar-refractivity contribution in [2.24, 2.45) is 3.03 Å². The van der Waals surface area contributed by atoms with E-state index in [0.29, 0.717) is 0 Å². The van der Waals surface area contributed by atoms with Crippen molar-refractivity contribution in [1.29, 1.82) is 0 Å². The Morgan fingerprint density at radius 3 is 3.11 bits per heavy atom. The summed E-state index contributed by atoms with van der Waals surface area (Å²) in [6.45, 7) is 0. The molecule has 1 aromatic carbocycles. The number of para-hydroxylation sites is 1. The molecule has 0 saturated carbocycles. The number of hydrogen-bond donors (Lipinski definition) is 1. The van der Waals surface area contributed by atoms with Crippen LogP contribution >= 0.6 is 0 Å². The summed E-state index contributed by atoms with van der Waals surface area (Å²) in [5, 5.41) is 0. The standard InChI is InChI=1S/C6H5N2.In/c7-8-6-4-2-1-3-5-6;/h1-4,8H;. The van der Waals surface area contributed by atoms with Gasteiger partial charge in [-0.15, -0.1) is 0 Å². The third kappa shape index (κ3) is 0.894. The van der Waals surface area contributed by atoms with Gasteiger partial charge in [-0.1, -0.05) is 0 Å². The van der Waals surface area contributed by atoms with E-state index in [1.165, 1.54) is 9.01 Å². The van der Waals surface area contributed by atoms with Gasteiger partial charge in [-0.2, -0.15) is 0 Å². The van der Waals surface area contributed by atoms with Crippen LogP contribution in [0, 0.1) is 0 Å². The number of nitrogens with zero attached hydrogens (tertiary/aromatic N) is 1. The quantitative estimate of drug-likeness (QED) is 0.677. The van der Waals surface area contributed by atoms with Crippen LogP contribution in [0.2, 0.25) is 0 Å². The van der Waals surface area contributed by atoms with E-state index in [9.17, 15) is 0 Å². The maximum absolute atomic E-state index is 4.19. The summed E-state index contributed by atoms with van der Waals surface area (Å²) < 4.78 is 5.67. The van der Waals surface area contributed by atoms with Gasteiger partial charge >= 0.3 is 64.5 Å². The molecular formula is C6H5InN2. The molecule has 0 aromatic heterocycles. The third-order valence-corrected chi connectivity index (χ3v) is 4.32. The van der Waals surface area contributed by atoms with Crippen molar-refractivity contribution in [1.82, 2.24) is 0 Å². The molecule has 0 saturated heterocycles. The Morgan fingerprint density at radius 2 is 2.22 bits per heavy atom. The minimum absolute atomic E-state index is 0.703. The first kappa shape index (κ1) is 5.47. The summed E-state index contributed by atoms with van der Waals surface area (Å²) in [5.41, 5.74) is 4.24. The van der Waals surface area contributed by atoms with E-state index in [0.717, 1.165) is 0 Å². The summed E-state index contributed by atoms with van der Waals surface area (Å²) in [7, 11) is 0. The van der Waals surface area contributed by atoms with Crippen LogP contribution in [0.1, 0.15) is 0 Å². The van der Waals surface area contributed by atoms with Gasteiger partial charge in [0.25, 0.3) is 0 Å². The van der Waals surface area contributed by atoms with Gasteiger partial charge < -0.3 is 0 Å². The third-order valence-electron chi connectivity index (χ3n) is 1.35. The van der Waals surface area contributed by atoms with Crippen LogP contribution in [0.15, 0.2) is 27.3 Å². The zero-order chi connectivity index (χ0) is 6.10. The average molecular weight is 220 g/mol. The first-order valence-corrected chi connectivity index (χ1v) is 5.97. The summed E-state index contributed by atoms with van der Waals surface area (Å²) in [6, 6.07) is 8.36. The van der Waals surface area contributed by atoms with Crippen LogP contribution in [0.25, 0.3) is 0 Å². The van der Waals surface area contributed by atoms with Gasteiger partial charge in [0.1, 0.15) is 0 Å². The predicted octanol–water partition coefficient (Wildman–Crippen LogP) is 0.540. The molecule has 0 aliphatic carbocycles. The fourth-order valence-corrected chi connectivity index (χ4v) is 3.28. The molecule has 3 heteroatoms. The summed E-state index contributed by atoms with van der Waals surface area (Å²) in [6.07, 6.45) is 0. The SMILES string of the molecule is c1cc[c]2c(c1)N[N]=[In]2. The van der Waals surface area contributed by atoms with Crippen molar-refractivity contribution >= 4 is 31.7 Å². The zero-order valence-corrected chi connectivity index (χ0v) is 8.13. The van der Waals surface area contributed by atoms with E-state index in [1.54, 1.807) is 0 Å². The molecule has 0 radical (unpaired) electrons. The molecule has 2 rings (SSSR count). The van der Waals surface area contributed by atoms with Gasteiger partial charge in [-0.05, 0) is 0 Å². The molecule has 0 amide bonds. The monoisotopic (exact) mass is 220 g/mol. The van der Waals surface area contributed by atoms with E-state index in [1.807, 2.05) is 6.07 Å². The fraction of sp³-hybridized carbons (Fsp3) is 0. The van der Waals surface area contributed by atoms with Crippen LogP contribution in [0.5, 0.6) is 0 Å². The van der Waals surface area contributed by atoms with Crippen molar-refractivity contribution in [3.8, 4) is 0 Å². The molecule has 9 heavy (non-hydrogen) atoms. The van der Waals surface area contributed by atoms with Crippen molar-refractivity contribution in [2.45, 2.75) is 0 Å². The Morgan fingerprint density at radius 1 is 1.33 bits per heavy atom. The molecule has 42 valence electrons. The molecular weight excluding hydrogens is 215 g/mol. The second-order valence-corrected chi connectivity index (χ2v) is 5.21. The Balaban J connectivity index is 2.63. The average Bonchev–Trinajstić information content (AvgIpc) is 2.33. The van der Waals surface area contributed by atoms with Crippen molar-refractivity contribution < 1.29 is 0 Å². The molecule has 0 atom stereocenters. The number of fused-ring (bicyclic) bond motifs is 1. The normalized spacial score (nSPS) is 12.0. The number of anilines is 1. The van der Waals surface area contributed by atoms with Crippen molar-refractivity contribution in [3.05, 3.63) is 24.3 Å². The number of nitrogens with one attached hydrogen (secondary N) is 1. The molecule has 0 spiro atoms. The van der Waals surface area contributed by atoms with Gasteiger partial charge in [0.2, 0.25) is 0 Å². The molecule has 0 unspecified atom stereocenters. The first-order chi connectivity index (χ1) is 4.47. The van der Waals surface area contributed by atoms with Crippen LogP contribution < -0.4 is 8.75 Å². The van der Waals surface area contributed by atoms with E-state index >= 15 is 0 Å². The molecule has 1 aliphatic rings. The maximum atomic E-state index is 4.19. The molecule has 0 bridgehead atoms. The molecule has 1 N–H and O–H groups in total. The molecule has 2 nitrogen and oxygen atoms in total. The molecule has 1 aliphatic heterocycles. The van der Waals surface area contributed by atoms with Gasteiger partial charge in [0.15, 0.2) is 0 Å². The van der Waals surface area contributed by atoms with Crippen molar-refractivity contribution in [3.63, 3.8) is 0 Å². The van der Waals surface area contributed by atoms with E-state index in [2.05, 4.69) is 26.7 Å². The number of hydrogen-bond acceptors (Lipinski definition) is 2. The topological polar surface area (TPSA) is 24.4 Å². The summed E-state index contributed by atoms with van der Waals surface area (Å²) in [5.74, 6) is 0. The van der Waals surface area contributed by atoms with E-state index in [-0.39, 0.29) is 0 Å². The van der Waals surface area contributed by atoms with Crippen LogP contribution in [-0.4, -0.2) is 22.7 Å². The second-order valence-electron chi connectivity index (χ2n) is 1.96. The predicted molar refractivity (Wildman–Crippen MR) is 37.9 cm³/mol. The van der Waals surface area contributed by atoms with Crippen LogP contribution in [0.4, 0.5) is 5.69 Å². The van der Waals surface area contributed by atoms with E-state index in [4.69, 9.17) is 0 Å². The van der Waals surface area contributed by atoms with Gasteiger partial charge in [-0.3, -0.25) is 0 Å². The minimum atomic E-state index is -0.703. The Hall–Kier alpha value is -0.310. The Labute approximate surface area is 64.5 Å². The van der Waals surface area contributed by atoms with Crippen LogP contribution in [-0.2, 0) is 0 Å². The second kappa shape index (κ2) is 2.14. The van der Waals surface area contributed by atoms with Gasteiger partial charge in [0.05, 0.1) is 0 Å². The summed E-state index contributed by atoms with van der Waals surface area (Å²) in [4.78, 5) is 0.